The van der Waals surface area contributed by atoms with E-state index < -0.39 is 5.97 Å². The quantitative estimate of drug-likeness (QED) is 0.314. The number of benzene rings is 3. The van der Waals surface area contributed by atoms with E-state index in [1.807, 2.05) is 42.5 Å². The van der Waals surface area contributed by atoms with Crippen molar-refractivity contribution in [3.05, 3.63) is 89.2 Å². The average molecular weight is 535 g/mol. The molecule has 0 aliphatic heterocycles. The Morgan fingerprint density at radius 3 is 2.21 bits per heavy atom. The van der Waals surface area contributed by atoms with Crippen molar-refractivity contribution in [2.24, 2.45) is 5.41 Å². The van der Waals surface area contributed by atoms with Gasteiger partial charge in [0.15, 0.2) is 0 Å². The lowest BCUT2D eigenvalue weighted by atomic mass is 9.75. The summed E-state index contributed by atoms with van der Waals surface area (Å²) in [4.78, 5) is 10.2. The summed E-state index contributed by atoms with van der Waals surface area (Å²) >= 11 is 0. The van der Waals surface area contributed by atoms with Crippen LogP contribution in [-0.2, 0) is 22.6 Å². The smallest absolute Gasteiger partial charge is 0.303 e. The van der Waals surface area contributed by atoms with Crippen LogP contribution in [0.1, 0.15) is 81.4 Å². The zero-order chi connectivity index (χ0) is 28.3. The molecule has 5 rings (SSSR count). The maximum Gasteiger partial charge on any atom is 0.303 e. The summed E-state index contributed by atoms with van der Waals surface area (Å²) in [5.41, 5.74) is 5.24. The van der Waals surface area contributed by atoms with Gasteiger partial charge in [-0.3, -0.25) is 4.79 Å². The summed E-state index contributed by atoms with van der Waals surface area (Å²) in [6.45, 7) is 5.21. The maximum absolute atomic E-state index is 14.6. The number of carboxylic acids is 1. The molecule has 210 valence electrons. The highest BCUT2D eigenvalue weighted by atomic mass is 19.1. The van der Waals surface area contributed by atoms with Crippen molar-refractivity contribution in [2.45, 2.75) is 77.7 Å². The van der Waals surface area contributed by atoms with Crippen LogP contribution in [-0.4, -0.2) is 25.3 Å². The summed E-state index contributed by atoms with van der Waals surface area (Å²) in [6.07, 6.45) is 8.89. The number of rotatable bonds is 8. The molecular formula is C34H43FO4. The number of carbonyl (C=O) groups is 1. The molecule has 2 aliphatic carbocycles. The predicted octanol–water partition coefficient (Wildman–Crippen LogP) is 8.82. The van der Waals surface area contributed by atoms with E-state index in [1.54, 1.807) is 26.4 Å². The third-order valence-corrected chi connectivity index (χ3v) is 7.35. The minimum Gasteiger partial charge on any atom is -0.497 e. The largest absolute Gasteiger partial charge is 0.497 e. The minimum absolute atomic E-state index is 0.211. The third kappa shape index (κ3) is 9.50. The summed E-state index contributed by atoms with van der Waals surface area (Å²) in [5.74, 6) is 0.144. The molecule has 2 fully saturated rings. The predicted molar refractivity (Wildman–Crippen MR) is 156 cm³/mol. The van der Waals surface area contributed by atoms with Crippen LogP contribution in [0.4, 0.5) is 4.39 Å². The standard InChI is InChI=1S/C22H27FO2.C9H10O2.C3H6/c1-22(2)11-5-6-20(22)18-12-15(14-24-3)7-9-17(18)19-13-16(25-4)8-10-21(19)23;10-9(11)7-6-8-4-2-1-3-5-8;1-2-3-1/h7-10,12-13,20H,5-6,11,14H2,1-4H3;1-5H,6-7H2,(H,10,11);1-3H2. The molecule has 2 aliphatic rings. The molecule has 1 atom stereocenters. The van der Waals surface area contributed by atoms with Crippen LogP contribution in [0.15, 0.2) is 66.7 Å². The molecule has 3 aromatic carbocycles. The maximum atomic E-state index is 14.6. The molecule has 2 saturated carbocycles. The normalized spacial score (nSPS) is 16.8. The van der Waals surface area contributed by atoms with E-state index >= 15 is 0 Å². The number of ether oxygens (including phenoxy) is 2. The number of hydrogen-bond donors (Lipinski definition) is 1. The van der Waals surface area contributed by atoms with Crippen molar-refractivity contribution < 1.29 is 23.8 Å². The van der Waals surface area contributed by atoms with Gasteiger partial charge in [0, 0.05) is 19.1 Å². The fourth-order valence-electron chi connectivity index (χ4n) is 5.04. The second-order valence-electron chi connectivity index (χ2n) is 11.1. The number of aliphatic carboxylic acids is 1. The van der Waals surface area contributed by atoms with Crippen molar-refractivity contribution in [3.63, 3.8) is 0 Å². The second kappa shape index (κ2) is 14.8. The molecule has 3 aromatic rings. The van der Waals surface area contributed by atoms with Gasteiger partial charge in [0.1, 0.15) is 11.6 Å². The summed E-state index contributed by atoms with van der Waals surface area (Å²) in [5, 5.41) is 8.37. The van der Waals surface area contributed by atoms with E-state index in [1.165, 1.54) is 43.7 Å². The first-order valence-corrected chi connectivity index (χ1v) is 14.0. The Kier molecular flexibility index (Phi) is 11.5. The Bertz CT molecular complexity index is 1180. The van der Waals surface area contributed by atoms with Crippen LogP contribution in [0.3, 0.4) is 0 Å². The summed E-state index contributed by atoms with van der Waals surface area (Å²) in [7, 11) is 3.31. The number of halogens is 1. The van der Waals surface area contributed by atoms with Crippen molar-refractivity contribution in [2.75, 3.05) is 14.2 Å². The van der Waals surface area contributed by atoms with Gasteiger partial charge in [-0.15, -0.1) is 0 Å². The molecule has 0 spiro atoms. The third-order valence-electron chi connectivity index (χ3n) is 7.35. The van der Waals surface area contributed by atoms with Crippen molar-refractivity contribution >= 4 is 5.97 Å². The zero-order valence-corrected chi connectivity index (χ0v) is 23.8. The van der Waals surface area contributed by atoms with Gasteiger partial charge in [0.25, 0.3) is 0 Å². The Labute approximate surface area is 233 Å². The van der Waals surface area contributed by atoms with Gasteiger partial charge in [-0.1, -0.05) is 88.1 Å². The molecule has 5 heteroatoms. The fourth-order valence-corrected chi connectivity index (χ4v) is 5.04. The molecule has 0 amide bonds. The molecule has 0 saturated heterocycles. The molecule has 0 heterocycles. The van der Waals surface area contributed by atoms with Gasteiger partial charge >= 0.3 is 5.97 Å². The average Bonchev–Trinajstić information content (AvgIpc) is 3.77. The molecule has 0 radical (unpaired) electrons. The lowest BCUT2D eigenvalue weighted by molar-refractivity contribution is -0.136. The van der Waals surface area contributed by atoms with Gasteiger partial charge in [-0.2, -0.15) is 0 Å². The van der Waals surface area contributed by atoms with E-state index in [2.05, 4.69) is 19.9 Å². The number of hydrogen-bond acceptors (Lipinski definition) is 3. The molecule has 1 N–H and O–H groups in total. The fraction of sp³-hybridized carbons (Fsp3) is 0.441. The van der Waals surface area contributed by atoms with Crippen LogP contribution in [0.2, 0.25) is 0 Å². The molecule has 4 nitrogen and oxygen atoms in total. The molecule has 39 heavy (non-hydrogen) atoms. The van der Waals surface area contributed by atoms with Crippen LogP contribution in [0.5, 0.6) is 5.75 Å². The molecule has 0 bridgehead atoms. The molecular weight excluding hydrogens is 491 g/mol. The Morgan fingerprint density at radius 1 is 0.923 bits per heavy atom. The van der Waals surface area contributed by atoms with E-state index in [4.69, 9.17) is 14.6 Å². The van der Waals surface area contributed by atoms with Crippen LogP contribution in [0, 0.1) is 11.2 Å². The van der Waals surface area contributed by atoms with Gasteiger partial charge in [-0.25, -0.2) is 4.39 Å². The SMILES string of the molecule is C1CC1.COCc1ccc(-c2cc(OC)ccc2F)c(C2CCCC2(C)C)c1.O=C(O)CCc1ccccc1. The first-order valence-electron chi connectivity index (χ1n) is 14.0. The minimum atomic E-state index is -0.742. The van der Waals surface area contributed by atoms with Crippen LogP contribution in [0.25, 0.3) is 11.1 Å². The van der Waals surface area contributed by atoms with E-state index in [-0.39, 0.29) is 17.7 Å². The van der Waals surface area contributed by atoms with Gasteiger partial charge in [0.2, 0.25) is 0 Å². The highest BCUT2D eigenvalue weighted by Crippen LogP contribution is 2.51. The van der Waals surface area contributed by atoms with Gasteiger partial charge in [-0.05, 0) is 71.0 Å². The molecule has 0 aromatic heterocycles. The Morgan fingerprint density at radius 2 is 1.64 bits per heavy atom. The van der Waals surface area contributed by atoms with Crippen LogP contribution >= 0.6 is 0 Å². The number of carboxylic acid groups (broad SMARTS) is 1. The molecule has 1 unspecified atom stereocenters. The Balaban J connectivity index is 0.000000246. The Hall–Kier alpha value is -3.18. The highest BCUT2D eigenvalue weighted by molar-refractivity contribution is 5.71. The van der Waals surface area contributed by atoms with Crippen molar-refractivity contribution in [1.29, 1.82) is 0 Å². The van der Waals surface area contributed by atoms with Crippen molar-refractivity contribution in [1.82, 2.24) is 0 Å². The lowest BCUT2D eigenvalue weighted by Gasteiger charge is -2.30. The van der Waals surface area contributed by atoms with Gasteiger partial charge in [0.05, 0.1) is 13.7 Å². The van der Waals surface area contributed by atoms with E-state index in [0.29, 0.717) is 30.3 Å². The first-order chi connectivity index (χ1) is 18.7. The van der Waals surface area contributed by atoms with Crippen LogP contribution < -0.4 is 4.74 Å². The zero-order valence-electron chi connectivity index (χ0n) is 23.8. The first kappa shape index (κ1) is 30.4. The van der Waals surface area contributed by atoms with E-state index in [9.17, 15) is 9.18 Å². The monoisotopic (exact) mass is 534 g/mol. The second-order valence-corrected chi connectivity index (χ2v) is 11.1. The van der Waals surface area contributed by atoms with Crippen molar-refractivity contribution in [3.8, 4) is 16.9 Å². The number of aryl methyl sites for hydroxylation is 1. The number of methoxy groups -OCH3 is 2. The topological polar surface area (TPSA) is 55.8 Å². The summed E-state index contributed by atoms with van der Waals surface area (Å²) in [6, 6.07) is 20.8. The van der Waals surface area contributed by atoms with E-state index in [0.717, 1.165) is 23.1 Å². The summed E-state index contributed by atoms with van der Waals surface area (Å²) < 4.78 is 25.2. The van der Waals surface area contributed by atoms with Gasteiger partial charge < -0.3 is 14.6 Å². The lowest BCUT2D eigenvalue weighted by Crippen LogP contribution is -2.16. The highest BCUT2D eigenvalue weighted by Gasteiger charge is 2.37.